The first-order valence-corrected chi connectivity index (χ1v) is 6.58. The summed E-state index contributed by atoms with van der Waals surface area (Å²) in [4.78, 5) is 21.4. The molecule has 1 aromatic carbocycles. The van der Waals surface area contributed by atoms with Gasteiger partial charge in [-0.15, -0.1) is 5.10 Å². The highest BCUT2D eigenvalue weighted by molar-refractivity contribution is 5.98. The third-order valence-electron chi connectivity index (χ3n) is 3.21. The van der Waals surface area contributed by atoms with Gasteiger partial charge in [0.15, 0.2) is 0 Å². The average molecular weight is 289 g/mol. The van der Waals surface area contributed by atoms with Crippen LogP contribution in [0.3, 0.4) is 0 Å². The largest absolute Gasteiger partial charge is 0.442 e. The first kappa shape index (κ1) is 13.6. The molecule has 0 bridgehead atoms. The van der Waals surface area contributed by atoms with Gasteiger partial charge in [-0.05, 0) is 30.5 Å². The van der Waals surface area contributed by atoms with Crippen LogP contribution in [-0.2, 0) is 15.9 Å². The summed E-state index contributed by atoms with van der Waals surface area (Å²) in [5.74, 6) is 0. The topological polar surface area (TPSA) is 74.9 Å². The Labute approximate surface area is 121 Å². The fourth-order valence-electron chi connectivity index (χ4n) is 2.17. The van der Waals surface area contributed by atoms with Gasteiger partial charge in [0.05, 0.1) is 11.9 Å². The van der Waals surface area contributed by atoms with Gasteiger partial charge in [0.25, 0.3) is 0 Å². The van der Waals surface area contributed by atoms with Crippen LogP contribution in [0.2, 0.25) is 0 Å². The molecular weight excluding hydrogens is 274 g/mol. The first-order chi connectivity index (χ1) is 10.3. The van der Waals surface area contributed by atoms with E-state index in [4.69, 9.17) is 14.3 Å². The van der Waals surface area contributed by atoms with Crippen molar-refractivity contribution in [3.05, 3.63) is 30.0 Å². The van der Waals surface area contributed by atoms with Crippen LogP contribution in [0.25, 0.3) is 10.9 Å². The van der Waals surface area contributed by atoms with Crippen molar-refractivity contribution in [3.63, 3.8) is 0 Å². The number of nitrogens with zero attached hydrogens (tertiary/aromatic N) is 3. The van der Waals surface area contributed by atoms with Gasteiger partial charge in [0.2, 0.25) is 6.79 Å². The van der Waals surface area contributed by atoms with Gasteiger partial charge >= 0.3 is 6.09 Å². The molecule has 1 aliphatic rings. The number of methoxy groups -OCH3 is 1. The average Bonchev–Trinajstić information content (AvgIpc) is 3.09. The lowest BCUT2D eigenvalue weighted by atomic mass is 10.1. The van der Waals surface area contributed by atoms with Crippen molar-refractivity contribution in [2.75, 3.05) is 20.5 Å². The summed E-state index contributed by atoms with van der Waals surface area (Å²) < 4.78 is 9.64. The summed E-state index contributed by atoms with van der Waals surface area (Å²) in [5, 5.41) is 5.14. The van der Waals surface area contributed by atoms with E-state index in [0.29, 0.717) is 13.0 Å². The molecule has 0 saturated heterocycles. The zero-order chi connectivity index (χ0) is 14.7. The van der Waals surface area contributed by atoms with Crippen LogP contribution in [0, 0.1) is 0 Å². The molecule has 110 valence electrons. The van der Waals surface area contributed by atoms with E-state index < -0.39 is 6.09 Å². The molecular formula is C14H15N3O4. The minimum Gasteiger partial charge on any atom is -0.442 e. The number of aromatic nitrogens is 2. The quantitative estimate of drug-likeness (QED) is 0.755. The Kier molecular flexibility index (Phi) is 3.83. The summed E-state index contributed by atoms with van der Waals surface area (Å²) in [5.41, 5.74) is 2.82. The summed E-state index contributed by atoms with van der Waals surface area (Å²) in [6.07, 6.45) is 2.77. The van der Waals surface area contributed by atoms with E-state index in [0.717, 1.165) is 28.6 Å². The van der Waals surface area contributed by atoms with Gasteiger partial charge in [-0.25, -0.2) is 4.79 Å². The number of cyclic esters (lactones) is 1. The van der Waals surface area contributed by atoms with Crippen molar-refractivity contribution in [2.45, 2.75) is 12.8 Å². The van der Waals surface area contributed by atoms with E-state index in [9.17, 15) is 4.79 Å². The van der Waals surface area contributed by atoms with Gasteiger partial charge < -0.3 is 14.3 Å². The van der Waals surface area contributed by atoms with Crippen molar-refractivity contribution < 1.29 is 19.1 Å². The van der Waals surface area contributed by atoms with Gasteiger partial charge in [0, 0.05) is 12.5 Å². The van der Waals surface area contributed by atoms with Crippen LogP contribution in [-0.4, -0.2) is 42.3 Å². The molecule has 0 spiro atoms. The molecule has 0 aliphatic carbocycles. The van der Waals surface area contributed by atoms with Crippen molar-refractivity contribution in [2.24, 2.45) is 4.99 Å². The standard InChI is InChI=1S/C14H15N3O4/c1-19-9-21-17-13-5-3-10(6-11(13)7-15-17)2-4-12-8-20-14(18)16-12/h3,5-7H,2,4,8-9H2,1H3. The molecule has 1 aromatic heterocycles. The fraction of sp³-hybridized carbons (Fsp3) is 0.357. The molecule has 2 aromatic rings. The second-order valence-electron chi connectivity index (χ2n) is 4.68. The van der Waals surface area contributed by atoms with Crippen LogP contribution in [0.4, 0.5) is 4.79 Å². The van der Waals surface area contributed by atoms with Crippen LogP contribution in [0.5, 0.6) is 0 Å². The number of aliphatic imine (C=N–C) groups is 1. The maximum absolute atomic E-state index is 10.9. The summed E-state index contributed by atoms with van der Waals surface area (Å²) in [6.45, 7) is 0.455. The molecule has 0 radical (unpaired) electrons. The highest BCUT2D eigenvalue weighted by atomic mass is 16.8. The number of fused-ring (bicyclic) bond motifs is 1. The van der Waals surface area contributed by atoms with Crippen molar-refractivity contribution in [1.29, 1.82) is 0 Å². The second kappa shape index (κ2) is 5.92. The number of ether oxygens (including phenoxy) is 2. The monoisotopic (exact) mass is 289 g/mol. The number of aryl methyl sites for hydroxylation is 1. The fourth-order valence-corrected chi connectivity index (χ4v) is 2.17. The Balaban J connectivity index is 1.70. The van der Waals surface area contributed by atoms with Crippen molar-refractivity contribution in [3.8, 4) is 0 Å². The van der Waals surface area contributed by atoms with Gasteiger partial charge in [-0.3, -0.25) is 0 Å². The Morgan fingerprint density at radius 3 is 3.05 bits per heavy atom. The molecule has 0 fully saturated rings. The smallest absolute Gasteiger partial charge is 0.433 e. The SMILES string of the molecule is COCOn1ncc2cc(CCC3=NC(=O)OC3)ccc21. The lowest BCUT2D eigenvalue weighted by Crippen LogP contribution is -2.14. The summed E-state index contributed by atoms with van der Waals surface area (Å²) in [7, 11) is 1.56. The molecule has 1 aliphatic heterocycles. The Bertz CT molecular complexity index is 693. The molecule has 0 saturated carbocycles. The molecule has 3 rings (SSSR count). The van der Waals surface area contributed by atoms with E-state index >= 15 is 0 Å². The summed E-state index contributed by atoms with van der Waals surface area (Å²) >= 11 is 0. The van der Waals surface area contributed by atoms with Crippen LogP contribution >= 0.6 is 0 Å². The minimum absolute atomic E-state index is 0.145. The molecule has 7 nitrogen and oxygen atoms in total. The molecule has 7 heteroatoms. The number of rotatable bonds is 6. The molecule has 0 N–H and O–H groups in total. The number of hydrogen-bond donors (Lipinski definition) is 0. The normalized spacial score (nSPS) is 14.3. The predicted octanol–water partition coefficient (Wildman–Crippen LogP) is 1.59. The predicted molar refractivity (Wildman–Crippen MR) is 75.3 cm³/mol. The third kappa shape index (κ3) is 3.03. The molecule has 1 amide bonds. The second-order valence-corrected chi connectivity index (χ2v) is 4.68. The molecule has 21 heavy (non-hydrogen) atoms. The van der Waals surface area contributed by atoms with E-state index in [2.05, 4.69) is 10.1 Å². The van der Waals surface area contributed by atoms with Gasteiger partial charge in [-0.1, -0.05) is 10.9 Å². The molecule has 0 atom stereocenters. The Hall–Kier alpha value is -2.41. The van der Waals surface area contributed by atoms with Crippen LogP contribution in [0.1, 0.15) is 12.0 Å². The number of benzene rings is 1. The highest BCUT2D eigenvalue weighted by Crippen LogP contribution is 2.17. The number of carbonyl (C=O) groups is 1. The minimum atomic E-state index is -0.489. The van der Waals surface area contributed by atoms with Crippen molar-refractivity contribution >= 4 is 22.7 Å². The zero-order valence-electron chi connectivity index (χ0n) is 11.6. The van der Waals surface area contributed by atoms with E-state index in [1.165, 1.54) is 4.85 Å². The highest BCUT2D eigenvalue weighted by Gasteiger charge is 2.14. The van der Waals surface area contributed by atoms with Gasteiger partial charge in [0.1, 0.15) is 12.1 Å². The lowest BCUT2D eigenvalue weighted by molar-refractivity contribution is -0.0464. The third-order valence-corrected chi connectivity index (χ3v) is 3.21. The number of hydrogen-bond acceptors (Lipinski definition) is 5. The summed E-state index contributed by atoms with van der Waals surface area (Å²) in [6, 6.07) is 6.01. The molecule has 0 unspecified atom stereocenters. The Morgan fingerprint density at radius 1 is 1.38 bits per heavy atom. The Morgan fingerprint density at radius 2 is 2.29 bits per heavy atom. The number of amides is 1. The maximum atomic E-state index is 10.9. The molecule has 2 heterocycles. The zero-order valence-corrected chi connectivity index (χ0v) is 11.6. The first-order valence-electron chi connectivity index (χ1n) is 6.58. The van der Waals surface area contributed by atoms with E-state index in [1.807, 2.05) is 18.2 Å². The van der Waals surface area contributed by atoms with E-state index in [1.54, 1.807) is 13.3 Å². The van der Waals surface area contributed by atoms with Crippen LogP contribution < -0.4 is 4.84 Å². The van der Waals surface area contributed by atoms with Crippen molar-refractivity contribution in [1.82, 2.24) is 9.94 Å². The van der Waals surface area contributed by atoms with E-state index in [-0.39, 0.29) is 6.79 Å². The van der Waals surface area contributed by atoms with Crippen LogP contribution in [0.15, 0.2) is 29.4 Å². The lowest BCUT2D eigenvalue weighted by Gasteiger charge is -2.05. The van der Waals surface area contributed by atoms with Gasteiger partial charge in [-0.2, -0.15) is 4.99 Å². The maximum Gasteiger partial charge on any atom is 0.433 e. The number of carbonyl (C=O) groups excluding carboxylic acids is 1.